The standard InChI is InChI=1S/C17H20F3N3O/c18-17(19,20)12-1-2-14-15(9-12)22-16(21-14)11-3-6-23(10-11)13-4-7-24-8-5-13/h1-2,9,11,13H,3-8,10H2,(H,21,22)/t11-/m0/s1. The number of likely N-dealkylation sites (tertiary alicyclic amines) is 1. The Morgan fingerprint density at radius 2 is 1.96 bits per heavy atom. The molecule has 7 heteroatoms. The first-order valence-electron chi connectivity index (χ1n) is 8.39. The first kappa shape index (κ1) is 15.9. The quantitative estimate of drug-likeness (QED) is 0.910. The lowest BCUT2D eigenvalue weighted by Gasteiger charge is -2.30. The second-order valence-corrected chi connectivity index (χ2v) is 6.68. The number of halogens is 3. The zero-order valence-electron chi connectivity index (χ0n) is 13.3. The van der Waals surface area contributed by atoms with Crippen LogP contribution in [0, 0.1) is 0 Å². The first-order chi connectivity index (χ1) is 11.5. The van der Waals surface area contributed by atoms with Gasteiger partial charge >= 0.3 is 6.18 Å². The number of imidazole rings is 1. The number of ether oxygens (including phenoxy) is 1. The number of nitrogens with zero attached hydrogens (tertiary/aromatic N) is 2. The number of alkyl halides is 3. The molecule has 1 N–H and O–H groups in total. The zero-order chi connectivity index (χ0) is 16.7. The van der Waals surface area contributed by atoms with Crippen LogP contribution >= 0.6 is 0 Å². The minimum absolute atomic E-state index is 0.259. The molecule has 0 spiro atoms. The fourth-order valence-corrected chi connectivity index (χ4v) is 3.79. The summed E-state index contributed by atoms with van der Waals surface area (Å²) in [6, 6.07) is 4.25. The lowest BCUT2D eigenvalue weighted by Crippen LogP contribution is -2.37. The molecule has 0 unspecified atom stereocenters. The Bertz CT molecular complexity index is 721. The molecule has 2 aromatic rings. The molecule has 24 heavy (non-hydrogen) atoms. The number of fused-ring (bicyclic) bond motifs is 1. The zero-order valence-corrected chi connectivity index (χ0v) is 13.3. The van der Waals surface area contributed by atoms with Gasteiger partial charge in [-0.2, -0.15) is 13.2 Å². The lowest BCUT2D eigenvalue weighted by molar-refractivity contribution is -0.137. The summed E-state index contributed by atoms with van der Waals surface area (Å²) in [5, 5.41) is 0. The second kappa shape index (κ2) is 6.04. The molecule has 4 nitrogen and oxygen atoms in total. The number of aromatic amines is 1. The van der Waals surface area contributed by atoms with E-state index in [2.05, 4.69) is 14.9 Å². The van der Waals surface area contributed by atoms with Crippen molar-refractivity contribution in [2.24, 2.45) is 0 Å². The number of H-pyrrole nitrogens is 1. The summed E-state index contributed by atoms with van der Waals surface area (Å²) >= 11 is 0. The Morgan fingerprint density at radius 3 is 2.71 bits per heavy atom. The Kier molecular flexibility index (Phi) is 4.00. The van der Waals surface area contributed by atoms with Crippen LogP contribution in [0.3, 0.4) is 0 Å². The summed E-state index contributed by atoms with van der Waals surface area (Å²) in [6.07, 6.45) is -1.22. The van der Waals surface area contributed by atoms with Crippen molar-refractivity contribution in [2.75, 3.05) is 26.3 Å². The highest BCUT2D eigenvalue weighted by Crippen LogP contribution is 2.33. The van der Waals surface area contributed by atoms with Gasteiger partial charge in [0.05, 0.1) is 16.6 Å². The Hall–Kier alpha value is -1.60. The van der Waals surface area contributed by atoms with Crippen LogP contribution in [-0.4, -0.2) is 47.2 Å². The smallest absolute Gasteiger partial charge is 0.381 e. The number of aromatic nitrogens is 2. The van der Waals surface area contributed by atoms with Crippen LogP contribution in [0.2, 0.25) is 0 Å². The van der Waals surface area contributed by atoms with Crippen molar-refractivity contribution < 1.29 is 17.9 Å². The van der Waals surface area contributed by atoms with E-state index in [-0.39, 0.29) is 5.92 Å². The summed E-state index contributed by atoms with van der Waals surface area (Å²) in [6.45, 7) is 3.56. The maximum absolute atomic E-state index is 12.8. The van der Waals surface area contributed by atoms with Crippen LogP contribution in [0.25, 0.3) is 11.0 Å². The summed E-state index contributed by atoms with van der Waals surface area (Å²) < 4.78 is 43.9. The summed E-state index contributed by atoms with van der Waals surface area (Å²) in [5.74, 6) is 1.06. The molecule has 130 valence electrons. The second-order valence-electron chi connectivity index (χ2n) is 6.68. The summed E-state index contributed by atoms with van der Waals surface area (Å²) in [7, 11) is 0. The van der Waals surface area contributed by atoms with Gasteiger partial charge in [-0.3, -0.25) is 4.90 Å². The van der Waals surface area contributed by atoms with Gasteiger partial charge in [-0.05, 0) is 44.0 Å². The van der Waals surface area contributed by atoms with Crippen LogP contribution in [0.5, 0.6) is 0 Å². The van der Waals surface area contributed by atoms with Crippen LogP contribution in [0.4, 0.5) is 13.2 Å². The monoisotopic (exact) mass is 339 g/mol. The predicted octanol–water partition coefficient (Wildman–Crippen LogP) is 3.55. The normalized spacial score (nSPS) is 24.0. The molecule has 3 heterocycles. The average molecular weight is 339 g/mol. The fourth-order valence-electron chi connectivity index (χ4n) is 3.79. The molecule has 1 aromatic heterocycles. The first-order valence-corrected chi connectivity index (χ1v) is 8.39. The number of hydrogen-bond donors (Lipinski definition) is 1. The van der Waals surface area contributed by atoms with Gasteiger partial charge in [0.25, 0.3) is 0 Å². The van der Waals surface area contributed by atoms with Gasteiger partial charge in [0, 0.05) is 31.7 Å². The van der Waals surface area contributed by atoms with Crippen molar-refractivity contribution in [3.8, 4) is 0 Å². The van der Waals surface area contributed by atoms with Crippen molar-refractivity contribution in [1.29, 1.82) is 0 Å². The molecule has 2 aliphatic rings. The van der Waals surface area contributed by atoms with E-state index in [1.807, 2.05) is 0 Å². The molecule has 0 amide bonds. The van der Waals surface area contributed by atoms with Crippen molar-refractivity contribution in [3.05, 3.63) is 29.6 Å². The van der Waals surface area contributed by atoms with Gasteiger partial charge in [-0.1, -0.05) is 0 Å². The predicted molar refractivity (Wildman–Crippen MR) is 83.9 cm³/mol. The molecule has 2 saturated heterocycles. The van der Waals surface area contributed by atoms with Crippen molar-refractivity contribution in [2.45, 2.75) is 37.4 Å². The van der Waals surface area contributed by atoms with E-state index >= 15 is 0 Å². The molecule has 2 fully saturated rings. The van der Waals surface area contributed by atoms with E-state index in [1.54, 1.807) is 0 Å². The van der Waals surface area contributed by atoms with E-state index in [1.165, 1.54) is 6.07 Å². The molecular weight excluding hydrogens is 319 g/mol. The highest BCUT2D eigenvalue weighted by Gasteiger charge is 2.33. The minimum Gasteiger partial charge on any atom is -0.381 e. The highest BCUT2D eigenvalue weighted by atomic mass is 19.4. The Morgan fingerprint density at radius 1 is 1.17 bits per heavy atom. The number of nitrogens with one attached hydrogen (secondary N) is 1. The number of rotatable bonds is 2. The molecule has 4 rings (SSSR count). The van der Waals surface area contributed by atoms with Gasteiger partial charge in [0.1, 0.15) is 5.82 Å². The summed E-state index contributed by atoms with van der Waals surface area (Å²) in [5.41, 5.74) is 0.423. The minimum atomic E-state index is -4.33. The SMILES string of the molecule is FC(F)(F)c1ccc2nc([C@H]3CCN(C4CCOCC4)C3)[nH]c2c1. The van der Waals surface area contributed by atoms with E-state index < -0.39 is 11.7 Å². The van der Waals surface area contributed by atoms with E-state index in [0.717, 1.165) is 63.5 Å². The van der Waals surface area contributed by atoms with Crippen LogP contribution < -0.4 is 0 Å². The van der Waals surface area contributed by atoms with Crippen LogP contribution in [0.1, 0.15) is 36.6 Å². The van der Waals surface area contributed by atoms with Crippen molar-refractivity contribution in [3.63, 3.8) is 0 Å². The maximum atomic E-state index is 12.8. The van der Waals surface area contributed by atoms with Gasteiger partial charge in [-0.15, -0.1) is 0 Å². The maximum Gasteiger partial charge on any atom is 0.416 e. The number of benzene rings is 1. The lowest BCUT2D eigenvalue weighted by atomic mass is 10.1. The summed E-state index contributed by atoms with van der Waals surface area (Å²) in [4.78, 5) is 10.1. The molecule has 1 atom stereocenters. The van der Waals surface area contributed by atoms with Gasteiger partial charge in [0.15, 0.2) is 0 Å². The van der Waals surface area contributed by atoms with E-state index in [0.29, 0.717) is 17.1 Å². The van der Waals surface area contributed by atoms with Crippen LogP contribution in [0.15, 0.2) is 18.2 Å². The fraction of sp³-hybridized carbons (Fsp3) is 0.588. The van der Waals surface area contributed by atoms with Gasteiger partial charge < -0.3 is 9.72 Å². The van der Waals surface area contributed by atoms with Crippen molar-refractivity contribution >= 4 is 11.0 Å². The molecular formula is C17H20F3N3O. The van der Waals surface area contributed by atoms with Crippen molar-refractivity contribution in [1.82, 2.24) is 14.9 Å². The molecule has 0 radical (unpaired) electrons. The Labute approximate surface area is 138 Å². The topological polar surface area (TPSA) is 41.2 Å². The number of hydrogen-bond acceptors (Lipinski definition) is 3. The van der Waals surface area contributed by atoms with Gasteiger partial charge in [-0.25, -0.2) is 4.98 Å². The van der Waals surface area contributed by atoms with E-state index in [9.17, 15) is 13.2 Å². The Balaban J connectivity index is 1.52. The largest absolute Gasteiger partial charge is 0.416 e. The molecule has 0 saturated carbocycles. The van der Waals surface area contributed by atoms with E-state index in [4.69, 9.17) is 4.74 Å². The third-order valence-corrected chi connectivity index (χ3v) is 5.14. The average Bonchev–Trinajstić information content (AvgIpc) is 3.21. The molecule has 1 aromatic carbocycles. The van der Waals surface area contributed by atoms with Gasteiger partial charge in [0.2, 0.25) is 0 Å². The third kappa shape index (κ3) is 3.02. The molecule has 0 aliphatic carbocycles. The third-order valence-electron chi connectivity index (χ3n) is 5.14. The highest BCUT2D eigenvalue weighted by molar-refractivity contribution is 5.76. The molecule has 0 bridgehead atoms. The molecule has 2 aliphatic heterocycles. The van der Waals surface area contributed by atoms with Crippen LogP contribution in [-0.2, 0) is 10.9 Å².